The standard InChI is InChI=1S/C20H24ClNO/c1-20(23-19-11-9-18(21)10-12-19)13-15-22(16-20)14-5-8-17-6-3-2-4-7-17/h2-4,6-7,9-12H,5,8,13-16H2,1H3. The van der Waals surface area contributed by atoms with Crippen LogP contribution >= 0.6 is 11.6 Å². The van der Waals surface area contributed by atoms with E-state index in [1.54, 1.807) is 0 Å². The molecule has 0 aliphatic carbocycles. The molecular weight excluding hydrogens is 306 g/mol. The van der Waals surface area contributed by atoms with Crippen molar-refractivity contribution >= 4 is 11.6 Å². The van der Waals surface area contributed by atoms with Crippen molar-refractivity contribution in [3.05, 3.63) is 65.2 Å². The maximum Gasteiger partial charge on any atom is 0.120 e. The molecule has 1 saturated heterocycles. The smallest absolute Gasteiger partial charge is 0.120 e. The molecule has 3 rings (SSSR count). The summed E-state index contributed by atoms with van der Waals surface area (Å²) in [5, 5.41) is 0.747. The first kappa shape index (κ1) is 16.4. The fourth-order valence-corrected chi connectivity index (χ4v) is 3.36. The van der Waals surface area contributed by atoms with Crippen LogP contribution in [0.15, 0.2) is 54.6 Å². The van der Waals surface area contributed by atoms with E-state index in [0.29, 0.717) is 0 Å². The lowest BCUT2D eigenvalue weighted by molar-refractivity contribution is 0.0960. The quantitative estimate of drug-likeness (QED) is 0.753. The van der Waals surface area contributed by atoms with Gasteiger partial charge in [-0.15, -0.1) is 0 Å². The summed E-state index contributed by atoms with van der Waals surface area (Å²) in [6.45, 7) is 5.44. The Bertz CT molecular complexity index is 613. The monoisotopic (exact) mass is 329 g/mol. The van der Waals surface area contributed by atoms with Crippen molar-refractivity contribution in [2.75, 3.05) is 19.6 Å². The topological polar surface area (TPSA) is 12.5 Å². The van der Waals surface area contributed by atoms with E-state index in [0.717, 1.165) is 43.2 Å². The Morgan fingerprint density at radius 1 is 1.09 bits per heavy atom. The molecule has 1 unspecified atom stereocenters. The number of hydrogen-bond donors (Lipinski definition) is 0. The molecule has 3 heteroatoms. The Labute approximate surface area is 144 Å². The van der Waals surface area contributed by atoms with Gasteiger partial charge in [0.05, 0.1) is 0 Å². The first-order chi connectivity index (χ1) is 11.1. The van der Waals surface area contributed by atoms with Crippen molar-refractivity contribution < 1.29 is 4.74 Å². The van der Waals surface area contributed by atoms with Gasteiger partial charge in [-0.3, -0.25) is 4.90 Å². The molecule has 1 aliphatic rings. The van der Waals surface area contributed by atoms with E-state index in [-0.39, 0.29) is 5.60 Å². The maximum atomic E-state index is 6.21. The second kappa shape index (κ2) is 7.37. The van der Waals surface area contributed by atoms with Gasteiger partial charge >= 0.3 is 0 Å². The molecule has 0 spiro atoms. The summed E-state index contributed by atoms with van der Waals surface area (Å²) < 4.78 is 6.21. The molecule has 0 radical (unpaired) electrons. The zero-order chi connectivity index (χ0) is 16.1. The van der Waals surface area contributed by atoms with Gasteiger partial charge in [-0.05, 0) is 56.1 Å². The van der Waals surface area contributed by atoms with E-state index in [2.05, 4.69) is 42.2 Å². The van der Waals surface area contributed by atoms with Gasteiger partial charge in [-0.2, -0.15) is 0 Å². The number of hydrogen-bond acceptors (Lipinski definition) is 2. The summed E-state index contributed by atoms with van der Waals surface area (Å²) in [5.41, 5.74) is 1.33. The predicted molar refractivity (Wildman–Crippen MR) is 96.3 cm³/mol. The molecule has 0 bridgehead atoms. The molecule has 1 atom stereocenters. The summed E-state index contributed by atoms with van der Waals surface area (Å²) in [6, 6.07) is 18.4. The van der Waals surface area contributed by atoms with Crippen LogP contribution in [0.4, 0.5) is 0 Å². The number of benzene rings is 2. The fourth-order valence-electron chi connectivity index (χ4n) is 3.24. The molecule has 1 aliphatic heterocycles. The van der Waals surface area contributed by atoms with Crippen LogP contribution in [-0.4, -0.2) is 30.1 Å². The minimum Gasteiger partial charge on any atom is -0.486 e. The van der Waals surface area contributed by atoms with E-state index in [1.165, 1.54) is 12.0 Å². The van der Waals surface area contributed by atoms with Crippen LogP contribution in [-0.2, 0) is 6.42 Å². The molecule has 0 N–H and O–H groups in total. The van der Waals surface area contributed by atoms with Gasteiger partial charge < -0.3 is 4.74 Å². The first-order valence-corrected chi connectivity index (χ1v) is 8.72. The van der Waals surface area contributed by atoms with Crippen molar-refractivity contribution in [1.29, 1.82) is 0 Å². The first-order valence-electron chi connectivity index (χ1n) is 8.34. The SMILES string of the molecule is CC1(Oc2ccc(Cl)cc2)CCN(CCCc2ccccc2)C1. The van der Waals surface area contributed by atoms with E-state index < -0.39 is 0 Å². The largest absolute Gasteiger partial charge is 0.486 e. The third-order valence-electron chi connectivity index (χ3n) is 4.48. The molecule has 1 fully saturated rings. The van der Waals surface area contributed by atoms with Crippen LogP contribution in [0.5, 0.6) is 5.75 Å². The Balaban J connectivity index is 1.46. The second-order valence-corrected chi connectivity index (χ2v) is 7.06. The van der Waals surface area contributed by atoms with E-state index >= 15 is 0 Å². The van der Waals surface area contributed by atoms with Gasteiger partial charge in [0.25, 0.3) is 0 Å². The van der Waals surface area contributed by atoms with E-state index in [4.69, 9.17) is 16.3 Å². The molecule has 2 nitrogen and oxygen atoms in total. The molecule has 23 heavy (non-hydrogen) atoms. The molecule has 122 valence electrons. The molecule has 0 amide bonds. The Hall–Kier alpha value is -1.51. The summed E-state index contributed by atoms with van der Waals surface area (Å²) in [7, 11) is 0. The van der Waals surface area contributed by atoms with Gasteiger partial charge in [0, 0.05) is 24.5 Å². The second-order valence-electron chi connectivity index (χ2n) is 6.62. The number of halogens is 1. The highest BCUT2D eigenvalue weighted by Gasteiger charge is 2.35. The molecule has 2 aromatic carbocycles. The lowest BCUT2D eigenvalue weighted by atomic mass is 10.1. The summed E-state index contributed by atoms with van der Waals surface area (Å²) in [5.74, 6) is 0.906. The van der Waals surface area contributed by atoms with Crippen LogP contribution in [0.25, 0.3) is 0 Å². The van der Waals surface area contributed by atoms with Gasteiger partial charge in [0.15, 0.2) is 0 Å². The van der Waals surface area contributed by atoms with Crippen LogP contribution in [0.1, 0.15) is 25.3 Å². The van der Waals surface area contributed by atoms with Crippen molar-refractivity contribution in [3.63, 3.8) is 0 Å². The molecule has 0 saturated carbocycles. The Kier molecular flexibility index (Phi) is 5.24. The normalized spacial score (nSPS) is 21.5. The highest BCUT2D eigenvalue weighted by molar-refractivity contribution is 6.30. The fraction of sp³-hybridized carbons (Fsp3) is 0.400. The van der Waals surface area contributed by atoms with Crippen molar-refractivity contribution in [1.82, 2.24) is 4.90 Å². The molecular formula is C20H24ClNO. The van der Waals surface area contributed by atoms with E-state index in [1.807, 2.05) is 24.3 Å². The number of rotatable bonds is 6. The van der Waals surface area contributed by atoms with Crippen LogP contribution in [0, 0.1) is 0 Å². The summed E-state index contributed by atoms with van der Waals surface area (Å²) in [4.78, 5) is 2.51. The lowest BCUT2D eigenvalue weighted by Crippen LogP contribution is -2.36. The summed E-state index contributed by atoms with van der Waals surface area (Å²) in [6.07, 6.45) is 3.41. The third-order valence-corrected chi connectivity index (χ3v) is 4.73. The number of nitrogens with zero attached hydrogens (tertiary/aromatic N) is 1. The summed E-state index contributed by atoms with van der Waals surface area (Å²) >= 11 is 5.93. The minimum atomic E-state index is -0.0967. The van der Waals surface area contributed by atoms with Crippen LogP contribution < -0.4 is 4.74 Å². The number of ether oxygens (including phenoxy) is 1. The number of likely N-dealkylation sites (tertiary alicyclic amines) is 1. The van der Waals surface area contributed by atoms with Crippen molar-refractivity contribution in [2.24, 2.45) is 0 Å². The number of aryl methyl sites for hydroxylation is 1. The lowest BCUT2D eigenvalue weighted by Gasteiger charge is -2.26. The Morgan fingerprint density at radius 2 is 1.83 bits per heavy atom. The van der Waals surface area contributed by atoms with E-state index in [9.17, 15) is 0 Å². The third kappa shape index (κ3) is 4.73. The van der Waals surface area contributed by atoms with Crippen LogP contribution in [0.2, 0.25) is 5.02 Å². The molecule has 1 heterocycles. The van der Waals surface area contributed by atoms with Gasteiger partial charge in [-0.25, -0.2) is 0 Å². The van der Waals surface area contributed by atoms with Gasteiger partial charge in [0.1, 0.15) is 11.4 Å². The zero-order valence-corrected chi connectivity index (χ0v) is 14.4. The highest BCUT2D eigenvalue weighted by atomic mass is 35.5. The molecule has 2 aromatic rings. The highest BCUT2D eigenvalue weighted by Crippen LogP contribution is 2.28. The Morgan fingerprint density at radius 3 is 2.57 bits per heavy atom. The van der Waals surface area contributed by atoms with Crippen LogP contribution in [0.3, 0.4) is 0 Å². The molecule has 0 aromatic heterocycles. The predicted octanol–water partition coefficient (Wildman–Crippen LogP) is 4.82. The average molecular weight is 330 g/mol. The van der Waals surface area contributed by atoms with Crippen molar-refractivity contribution in [3.8, 4) is 5.75 Å². The van der Waals surface area contributed by atoms with Gasteiger partial charge in [0.2, 0.25) is 0 Å². The zero-order valence-electron chi connectivity index (χ0n) is 13.7. The minimum absolute atomic E-state index is 0.0967. The van der Waals surface area contributed by atoms with Crippen molar-refractivity contribution in [2.45, 2.75) is 31.8 Å². The van der Waals surface area contributed by atoms with Gasteiger partial charge in [-0.1, -0.05) is 41.9 Å². The maximum absolute atomic E-state index is 6.21. The average Bonchev–Trinajstić information content (AvgIpc) is 2.92.